The Bertz CT molecular complexity index is 625. The van der Waals surface area contributed by atoms with E-state index in [1.54, 1.807) is 11.8 Å². The summed E-state index contributed by atoms with van der Waals surface area (Å²) in [6.07, 6.45) is 7.30. The molecule has 3 atom stereocenters. The lowest BCUT2D eigenvalue weighted by Gasteiger charge is -2.37. The number of piperidine rings is 1. The number of carbonyl (C=O) groups excluding carboxylic acids is 1. The molecule has 2 heterocycles. The van der Waals surface area contributed by atoms with Crippen molar-refractivity contribution in [2.45, 2.75) is 45.1 Å². The molecule has 2 aliphatic rings. The Morgan fingerprint density at radius 3 is 2.65 bits per heavy atom. The Hall–Kier alpha value is -2.18. The van der Waals surface area contributed by atoms with Gasteiger partial charge in [0.1, 0.15) is 6.04 Å². The largest absolute Gasteiger partial charge is 0.481 e. The van der Waals surface area contributed by atoms with Crippen molar-refractivity contribution in [1.82, 2.24) is 15.0 Å². The van der Waals surface area contributed by atoms with Gasteiger partial charge in [-0.2, -0.15) is 4.98 Å². The van der Waals surface area contributed by atoms with E-state index in [9.17, 15) is 14.7 Å². The Morgan fingerprint density at radius 1 is 1.26 bits per heavy atom. The third kappa shape index (κ3) is 3.13. The molecule has 0 bridgehead atoms. The topological polar surface area (TPSA) is 96.5 Å². The average molecular weight is 319 g/mol. The minimum Gasteiger partial charge on any atom is -0.481 e. The molecule has 1 saturated heterocycles. The predicted octanol–water partition coefficient (Wildman–Crippen LogP) is 2.10. The molecule has 0 aromatic carbocycles. The molecule has 124 valence electrons. The molecule has 1 amide bonds. The first kappa shape index (κ1) is 15.7. The highest BCUT2D eigenvalue weighted by Gasteiger charge is 2.40. The molecule has 23 heavy (non-hydrogen) atoms. The summed E-state index contributed by atoms with van der Waals surface area (Å²) >= 11 is 0. The molecule has 7 nitrogen and oxygen atoms in total. The SMILES string of the molecule is Cc1noc(C2CCCCN2C(=O)C2CC=CCC2C(=O)O)n1. The van der Waals surface area contributed by atoms with Gasteiger partial charge >= 0.3 is 5.97 Å². The van der Waals surface area contributed by atoms with Crippen LogP contribution in [0.1, 0.15) is 49.9 Å². The van der Waals surface area contributed by atoms with Crippen LogP contribution in [0.5, 0.6) is 0 Å². The van der Waals surface area contributed by atoms with Crippen LogP contribution >= 0.6 is 0 Å². The second kappa shape index (κ2) is 6.52. The van der Waals surface area contributed by atoms with E-state index in [2.05, 4.69) is 10.1 Å². The van der Waals surface area contributed by atoms with Gasteiger partial charge in [0.05, 0.1) is 11.8 Å². The number of carboxylic acid groups (broad SMARTS) is 1. The third-order valence-electron chi connectivity index (χ3n) is 4.68. The summed E-state index contributed by atoms with van der Waals surface area (Å²) in [5, 5.41) is 13.2. The van der Waals surface area contributed by atoms with Crippen LogP contribution in [0.2, 0.25) is 0 Å². The van der Waals surface area contributed by atoms with Gasteiger partial charge in [0.15, 0.2) is 5.82 Å². The molecule has 0 saturated carbocycles. The van der Waals surface area contributed by atoms with Gasteiger partial charge < -0.3 is 14.5 Å². The number of carbonyl (C=O) groups is 2. The Labute approximate surface area is 134 Å². The summed E-state index contributed by atoms with van der Waals surface area (Å²) in [7, 11) is 0. The fourth-order valence-electron chi connectivity index (χ4n) is 3.47. The van der Waals surface area contributed by atoms with E-state index in [1.165, 1.54) is 0 Å². The van der Waals surface area contributed by atoms with E-state index in [1.807, 2.05) is 12.2 Å². The van der Waals surface area contributed by atoms with E-state index >= 15 is 0 Å². The van der Waals surface area contributed by atoms with Crippen LogP contribution in [0.4, 0.5) is 0 Å². The van der Waals surface area contributed by atoms with Gasteiger partial charge in [0.25, 0.3) is 0 Å². The summed E-state index contributed by atoms with van der Waals surface area (Å²) in [6, 6.07) is -0.238. The number of hydrogen-bond acceptors (Lipinski definition) is 5. The fraction of sp³-hybridized carbons (Fsp3) is 0.625. The molecule has 1 aromatic rings. The molecule has 0 spiro atoms. The second-order valence-electron chi connectivity index (χ2n) is 6.22. The van der Waals surface area contributed by atoms with Gasteiger partial charge in [-0.25, -0.2) is 0 Å². The molecule has 7 heteroatoms. The molecule has 0 radical (unpaired) electrons. The van der Waals surface area contributed by atoms with Crippen molar-refractivity contribution < 1.29 is 19.2 Å². The zero-order valence-electron chi connectivity index (χ0n) is 13.1. The van der Waals surface area contributed by atoms with E-state index < -0.39 is 17.8 Å². The van der Waals surface area contributed by atoms with Crippen LogP contribution in [0.3, 0.4) is 0 Å². The van der Waals surface area contributed by atoms with Crippen molar-refractivity contribution >= 4 is 11.9 Å². The van der Waals surface area contributed by atoms with E-state index in [0.29, 0.717) is 31.1 Å². The maximum Gasteiger partial charge on any atom is 0.307 e. The number of likely N-dealkylation sites (tertiary alicyclic amines) is 1. The van der Waals surface area contributed by atoms with Crippen LogP contribution in [0.25, 0.3) is 0 Å². The number of carboxylic acids is 1. The molecule has 1 fully saturated rings. The number of amides is 1. The standard InChI is InChI=1S/C16H21N3O4/c1-10-17-14(23-18-10)13-8-4-5-9-19(13)15(20)11-6-2-3-7-12(11)16(21)22/h2-3,11-13H,4-9H2,1H3,(H,21,22). The summed E-state index contributed by atoms with van der Waals surface area (Å²) < 4.78 is 5.26. The molecule has 1 aliphatic heterocycles. The Morgan fingerprint density at radius 2 is 2.00 bits per heavy atom. The lowest BCUT2D eigenvalue weighted by atomic mass is 9.81. The summed E-state index contributed by atoms with van der Waals surface area (Å²) in [6.45, 7) is 2.35. The predicted molar refractivity (Wildman–Crippen MR) is 80.3 cm³/mol. The van der Waals surface area contributed by atoms with Crippen LogP contribution in [-0.4, -0.2) is 38.6 Å². The number of rotatable bonds is 3. The van der Waals surface area contributed by atoms with Crippen LogP contribution < -0.4 is 0 Å². The molecular formula is C16H21N3O4. The normalized spacial score (nSPS) is 27.9. The number of allylic oxidation sites excluding steroid dienone is 2. The first-order valence-electron chi connectivity index (χ1n) is 8.06. The summed E-state index contributed by atoms with van der Waals surface area (Å²) in [5.74, 6) is -1.19. The van der Waals surface area contributed by atoms with Crippen LogP contribution in [0, 0.1) is 18.8 Å². The third-order valence-corrected chi connectivity index (χ3v) is 4.68. The maximum atomic E-state index is 13.0. The van der Waals surface area contributed by atoms with Crippen LogP contribution in [0.15, 0.2) is 16.7 Å². The minimum absolute atomic E-state index is 0.109. The highest BCUT2D eigenvalue weighted by atomic mass is 16.5. The number of hydrogen-bond donors (Lipinski definition) is 1. The fourth-order valence-corrected chi connectivity index (χ4v) is 3.47. The quantitative estimate of drug-likeness (QED) is 0.857. The second-order valence-corrected chi connectivity index (χ2v) is 6.22. The van der Waals surface area contributed by atoms with Gasteiger partial charge in [-0.3, -0.25) is 9.59 Å². The zero-order chi connectivity index (χ0) is 16.4. The molecule has 1 N–H and O–H groups in total. The molecule has 1 aromatic heterocycles. The number of nitrogens with zero attached hydrogens (tertiary/aromatic N) is 3. The molecule has 1 aliphatic carbocycles. The van der Waals surface area contributed by atoms with Crippen molar-refractivity contribution in [2.24, 2.45) is 11.8 Å². The zero-order valence-corrected chi connectivity index (χ0v) is 13.1. The first-order valence-corrected chi connectivity index (χ1v) is 8.06. The monoisotopic (exact) mass is 319 g/mol. The van der Waals surface area contributed by atoms with Crippen molar-refractivity contribution in [3.05, 3.63) is 23.9 Å². The van der Waals surface area contributed by atoms with Crippen molar-refractivity contribution in [3.63, 3.8) is 0 Å². The van der Waals surface area contributed by atoms with Gasteiger partial charge in [-0.15, -0.1) is 0 Å². The number of aromatic nitrogens is 2. The lowest BCUT2D eigenvalue weighted by Crippen LogP contribution is -2.45. The minimum atomic E-state index is -0.908. The van der Waals surface area contributed by atoms with Crippen molar-refractivity contribution in [2.75, 3.05) is 6.54 Å². The first-order chi connectivity index (χ1) is 11.1. The summed E-state index contributed by atoms with van der Waals surface area (Å²) in [5.41, 5.74) is 0. The molecule has 3 unspecified atom stereocenters. The highest BCUT2D eigenvalue weighted by molar-refractivity contribution is 5.85. The maximum absolute atomic E-state index is 13.0. The van der Waals surface area contributed by atoms with Crippen molar-refractivity contribution in [1.29, 1.82) is 0 Å². The molecule has 3 rings (SSSR count). The smallest absolute Gasteiger partial charge is 0.307 e. The van der Waals surface area contributed by atoms with E-state index in [-0.39, 0.29) is 11.9 Å². The highest BCUT2D eigenvalue weighted by Crippen LogP contribution is 2.35. The number of aryl methyl sites for hydroxylation is 1. The molecular weight excluding hydrogens is 298 g/mol. The average Bonchev–Trinajstić information content (AvgIpc) is 3.00. The Balaban J connectivity index is 1.83. The van der Waals surface area contributed by atoms with Crippen molar-refractivity contribution in [3.8, 4) is 0 Å². The lowest BCUT2D eigenvalue weighted by molar-refractivity contribution is -0.152. The summed E-state index contributed by atoms with van der Waals surface area (Å²) in [4.78, 5) is 30.5. The van der Waals surface area contributed by atoms with E-state index in [4.69, 9.17) is 4.52 Å². The van der Waals surface area contributed by atoms with E-state index in [0.717, 1.165) is 19.3 Å². The Kier molecular flexibility index (Phi) is 4.45. The number of aliphatic carboxylic acids is 1. The van der Waals surface area contributed by atoms with Crippen LogP contribution in [-0.2, 0) is 9.59 Å². The van der Waals surface area contributed by atoms with Gasteiger partial charge in [0, 0.05) is 6.54 Å². The van der Waals surface area contributed by atoms with Gasteiger partial charge in [-0.1, -0.05) is 17.3 Å². The van der Waals surface area contributed by atoms with Gasteiger partial charge in [0.2, 0.25) is 11.8 Å². The van der Waals surface area contributed by atoms with Gasteiger partial charge in [-0.05, 0) is 39.0 Å².